The molecule has 2 aliphatic rings. The first-order chi connectivity index (χ1) is 13.2. The molecule has 0 bridgehead atoms. The number of aromatic nitrogens is 1. The standard InChI is InChI=1S/C19H23N3O4S/c1-2-24-19(23)22-7-5-14(6-8-22)20-18-21-15(12-27-18)13-3-4-16-17(11-13)26-10-9-25-16/h3-4,11-12,14H,2,5-10H2,1H3,(H,20,21). The topological polar surface area (TPSA) is 72.9 Å². The van der Waals surface area contributed by atoms with Crippen LogP contribution in [0.15, 0.2) is 23.6 Å². The van der Waals surface area contributed by atoms with Gasteiger partial charge in [0.2, 0.25) is 0 Å². The van der Waals surface area contributed by atoms with Crippen molar-refractivity contribution >= 4 is 22.6 Å². The minimum Gasteiger partial charge on any atom is -0.486 e. The number of hydrogen-bond acceptors (Lipinski definition) is 7. The van der Waals surface area contributed by atoms with Crippen molar-refractivity contribution in [2.45, 2.75) is 25.8 Å². The van der Waals surface area contributed by atoms with Crippen LogP contribution in [0.25, 0.3) is 11.3 Å². The normalized spacial score (nSPS) is 16.9. The Balaban J connectivity index is 1.36. The smallest absolute Gasteiger partial charge is 0.409 e. The molecule has 3 heterocycles. The molecule has 27 heavy (non-hydrogen) atoms. The number of hydrogen-bond donors (Lipinski definition) is 1. The molecule has 1 aromatic heterocycles. The molecule has 1 N–H and O–H groups in total. The quantitative estimate of drug-likeness (QED) is 0.861. The molecule has 2 aromatic rings. The molecule has 7 nitrogen and oxygen atoms in total. The highest BCUT2D eigenvalue weighted by molar-refractivity contribution is 7.14. The number of amides is 1. The number of benzene rings is 1. The summed E-state index contributed by atoms with van der Waals surface area (Å²) < 4.78 is 16.3. The van der Waals surface area contributed by atoms with Crippen LogP contribution in [0, 0.1) is 0 Å². The van der Waals surface area contributed by atoms with Gasteiger partial charge in [-0.2, -0.15) is 0 Å². The molecule has 0 spiro atoms. The maximum absolute atomic E-state index is 11.8. The highest BCUT2D eigenvalue weighted by Crippen LogP contribution is 2.35. The van der Waals surface area contributed by atoms with Gasteiger partial charge in [-0.3, -0.25) is 0 Å². The highest BCUT2D eigenvalue weighted by atomic mass is 32.1. The molecule has 0 saturated carbocycles. The van der Waals surface area contributed by atoms with Crippen molar-refractivity contribution in [1.29, 1.82) is 0 Å². The van der Waals surface area contributed by atoms with Crippen LogP contribution < -0.4 is 14.8 Å². The fourth-order valence-electron chi connectivity index (χ4n) is 3.27. The Bertz CT molecular complexity index is 802. The number of anilines is 1. The van der Waals surface area contributed by atoms with E-state index < -0.39 is 0 Å². The third-order valence-corrected chi connectivity index (χ3v) is 5.46. The van der Waals surface area contributed by atoms with E-state index in [4.69, 9.17) is 19.2 Å². The molecule has 4 rings (SSSR count). The summed E-state index contributed by atoms with van der Waals surface area (Å²) in [4.78, 5) is 18.3. The van der Waals surface area contributed by atoms with Gasteiger partial charge in [-0.1, -0.05) is 0 Å². The summed E-state index contributed by atoms with van der Waals surface area (Å²) in [6, 6.07) is 6.23. The Labute approximate surface area is 162 Å². The lowest BCUT2D eigenvalue weighted by Gasteiger charge is -2.31. The average molecular weight is 389 g/mol. The van der Waals surface area contributed by atoms with Crippen LogP contribution in [0.4, 0.5) is 9.93 Å². The van der Waals surface area contributed by atoms with Gasteiger partial charge in [-0.25, -0.2) is 9.78 Å². The zero-order valence-corrected chi connectivity index (χ0v) is 16.1. The van der Waals surface area contributed by atoms with E-state index in [-0.39, 0.29) is 6.09 Å². The van der Waals surface area contributed by atoms with Gasteiger partial charge in [0.05, 0.1) is 12.3 Å². The van der Waals surface area contributed by atoms with E-state index in [1.54, 1.807) is 16.2 Å². The van der Waals surface area contributed by atoms with Crippen molar-refractivity contribution in [2.24, 2.45) is 0 Å². The van der Waals surface area contributed by atoms with E-state index >= 15 is 0 Å². The van der Waals surface area contributed by atoms with Gasteiger partial charge in [0.25, 0.3) is 0 Å². The number of fused-ring (bicyclic) bond motifs is 1. The molecular formula is C19H23N3O4S. The predicted octanol–water partition coefficient (Wildman–Crippen LogP) is 3.61. The van der Waals surface area contributed by atoms with Crippen LogP contribution in [-0.2, 0) is 4.74 Å². The van der Waals surface area contributed by atoms with Gasteiger partial charge in [0.1, 0.15) is 13.2 Å². The monoisotopic (exact) mass is 389 g/mol. The first-order valence-electron chi connectivity index (χ1n) is 9.26. The van der Waals surface area contributed by atoms with Gasteiger partial charge in [0, 0.05) is 30.1 Å². The van der Waals surface area contributed by atoms with Crippen molar-refractivity contribution < 1.29 is 19.0 Å². The SMILES string of the molecule is CCOC(=O)N1CCC(Nc2nc(-c3ccc4c(c3)OCCO4)cs2)CC1. The fraction of sp³-hybridized carbons (Fsp3) is 0.474. The predicted molar refractivity (Wildman–Crippen MR) is 104 cm³/mol. The second-order valence-corrected chi connectivity index (χ2v) is 7.36. The molecule has 1 amide bonds. The van der Waals surface area contributed by atoms with Gasteiger partial charge < -0.3 is 24.4 Å². The summed E-state index contributed by atoms with van der Waals surface area (Å²) in [6.07, 6.45) is 1.56. The molecule has 0 atom stereocenters. The molecule has 0 radical (unpaired) electrons. The first-order valence-corrected chi connectivity index (χ1v) is 10.1. The zero-order valence-electron chi connectivity index (χ0n) is 15.3. The van der Waals surface area contributed by atoms with Crippen molar-refractivity contribution in [2.75, 3.05) is 38.2 Å². The van der Waals surface area contributed by atoms with Crippen molar-refractivity contribution in [3.8, 4) is 22.8 Å². The van der Waals surface area contributed by atoms with E-state index in [2.05, 4.69) is 5.32 Å². The summed E-state index contributed by atoms with van der Waals surface area (Å²) in [5.74, 6) is 1.56. The number of thiazole rings is 1. The number of rotatable bonds is 4. The summed E-state index contributed by atoms with van der Waals surface area (Å²) in [6.45, 7) is 4.82. The van der Waals surface area contributed by atoms with E-state index in [1.165, 1.54) is 0 Å². The molecule has 144 valence electrons. The second-order valence-electron chi connectivity index (χ2n) is 6.50. The van der Waals surface area contributed by atoms with Crippen LogP contribution in [0.5, 0.6) is 11.5 Å². The molecule has 0 unspecified atom stereocenters. The Kier molecular flexibility index (Phi) is 5.33. The number of nitrogens with one attached hydrogen (secondary N) is 1. The molecule has 1 aromatic carbocycles. The summed E-state index contributed by atoms with van der Waals surface area (Å²) in [5, 5.41) is 6.44. The average Bonchev–Trinajstić information content (AvgIpc) is 3.17. The maximum Gasteiger partial charge on any atom is 0.409 e. The largest absolute Gasteiger partial charge is 0.486 e. The maximum atomic E-state index is 11.8. The minimum absolute atomic E-state index is 0.217. The Morgan fingerprint density at radius 3 is 2.85 bits per heavy atom. The van der Waals surface area contributed by atoms with Crippen molar-refractivity contribution in [3.63, 3.8) is 0 Å². The lowest BCUT2D eigenvalue weighted by molar-refractivity contribution is 0.0983. The number of carbonyl (C=O) groups excluding carboxylic acids is 1. The number of nitrogens with zero attached hydrogens (tertiary/aromatic N) is 2. The van der Waals surface area contributed by atoms with Crippen LogP contribution in [0.1, 0.15) is 19.8 Å². The molecule has 1 saturated heterocycles. The summed E-state index contributed by atoms with van der Waals surface area (Å²) in [5.41, 5.74) is 1.93. The van der Waals surface area contributed by atoms with E-state index in [0.717, 1.165) is 40.7 Å². The van der Waals surface area contributed by atoms with Crippen LogP contribution in [-0.4, -0.2) is 54.9 Å². The van der Waals surface area contributed by atoms with Gasteiger partial charge >= 0.3 is 6.09 Å². The molecule has 2 aliphatic heterocycles. The lowest BCUT2D eigenvalue weighted by Crippen LogP contribution is -2.42. The minimum atomic E-state index is -0.217. The number of piperidine rings is 1. The molecule has 0 aliphatic carbocycles. The lowest BCUT2D eigenvalue weighted by atomic mass is 10.1. The van der Waals surface area contributed by atoms with E-state index in [9.17, 15) is 4.79 Å². The van der Waals surface area contributed by atoms with Crippen LogP contribution in [0.3, 0.4) is 0 Å². The molecule has 8 heteroatoms. The van der Waals surface area contributed by atoms with E-state index in [0.29, 0.717) is 39.0 Å². The molecule has 1 fully saturated rings. The zero-order chi connectivity index (χ0) is 18.6. The number of ether oxygens (including phenoxy) is 3. The summed E-state index contributed by atoms with van der Waals surface area (Å²) >= 11 is 1.59. The van der Waals surface area contributed by atoms with Gasteiger partial charge in [0.15, 0.2) is 16.6 Å². The second kappa shape index (κ2) is 8.04. The van der Waals surface area contributed by atoms with Crippen molar-refractivity contribution in [1.82, 2.24) is 9.88 Å². The third kappa shape index (κ3) is 4.10. The third-order valence-electron chi connectivity index (χ3n) is 4.69. The molecular weight excluding hydrogens is 366 g/mol. The number of likely N-dealkylation sites (tertiary alicyclic amines) is 1. The van der Waals surface area contributed by atoms with Gasteiger partial charge in [-0.05, 0) is 38.0 Å². The van der Waals surface area contributed by atoms with Gasteiger partial charge in [-0.15, -0.1) is 11.3 Å². The Hall–Kier alpha value is -2.48. The fourth-order valence-corrected chi connectivity index (χ4v) is 4.07. The first kappa shape index (κ1) is 17.9. The van der Waals surface area contributed by atoms with Crippen molar-refractivity contribution in [3.05, 3.63) is 23.6 Å². The Morgan fingerprint density at radius 2 is 2.07 bits per heavy atom. The van der Waals surface area contributed by atoms with Crippen LogP contribution >= 0.6 is 11.3 Å². The number of carbonyl (C=O) groups is 1. The summed E-state index contributed by atoms with van der Waals surface area (Å²) in [7, 11) is 0. The van der Waals surface area contributed by atoms with E-state index in [1.807, 2.05) is 30.5 Å². The highest BCUT2D eigenvalue weighted by Gasteiger charge is 2.24. The van der Waals surface area contributed by atoms with Crippen LogP contribution in [0.2, 0.25) is 0 Å². The Morgan fingerprint density at radius 1 is 1.30 bits per heavy atom.